The average molecular weight is 539 g/mol. The van der Waals surface area contributed by atoms with Crippen molar-refractivity contribution in [1.82, 2.24) is 4.57 Å². The zero-order valence-electron chi connectivity index (χ0n) is 22.1. The van der Waals surface area contributed by atoms with Crippen LogP contribution in [0.4, 0.5) is 0 Å². The zero-order valence-corrected chi connectivity index (χ0v) is 22.9. The Hall–Kier alpha value is -4.05. The van der Waals surface area contributed by atoms with Crippen LogP contribution in [-0.2, 0) is 9.53 Å². The molecule has 0 bridgehead atoms. The molecule has 2 aromatic carbocycles. The number of aromatic nitrogens is 1. The number of benzene rings is 2. The molecular formula is C28H30N2O7S. The fourth-order valence-corrected chi connectivity index (χ4v) is 5.30. The lowest BCUT2D eigenvalue weighted by Gasteiger charge is -2.25. The molecule has 0 aliphatic carbocycles. The number of phenolic OH excluding ortho intramolecular Hbond substituents is 1. The lowest BCUT2D eigenvalue weighted by Crippen LogP contribution is -2.39. The van der Waals surface area contributed by atoms with E-state index in [0.717, 1.165) is 5.56 Å². The van der Waals surface area contributed by atoms with Crippen molar-refractivity contribution < 1.29 is 28.8 Å². The Kier molecular flexibility index (Phi) is 7.91. The number of fused-ring (bicyclic) bond motifs is 1. The van der Waals surface area contributed by atoms with Crippen LogP contribution in [0.2, 0.25) is 0 Å². The summed E-state index contributed by atoms with van der Waals surface area (Å²) in [5.74, 6) is 0.456. The van der Waals surface area contributed by atoms with E-state index in [9.17, 15) is 14.7 Å². The van der Waals surface area contributed by atoms with Crippen molar-refractivity contribution in [2.24, 2.45) is 4.99 Å². The number of methoxy groups -OCH3 is 2. The number of aromatic hydroxyl groups is 1. The van der Waals surface area contributed by atoms with E-state index in [0.29, 0.717) is 31.9 Å². The molecule has 10 heteroatoms. The van der Waals surface area contributed by atoms with Crippen LogP contribution in [0.1, 0.15) is 44.9 Å². The molecule has 9 nitrogen and oxygen atoms in total. The van der Waals surface area contributed by atoms with Crippen LogP contribution < -0.4 is 29.1 Å². The second-order valence-corrected chi connectivity index (χ2v) is 9.82. The topological polar surface area (TPSA) is 109 Å². The standard InChI is InChI=1S/C28H30N2O7S/c1-7-36-27(33)23-16(4)29-28-30(24(23)18-8-10-19(11-9-18)37-15(2)3)26(32)22(38-28)14-17-12-20(34-5)25(31)21(13-17)35-6/h8-15,24,31H,7H2,1-6H3/b22-14+/t24-/m1/s1. The van der Waals surface area contributed by atoms with Crippen molar-refractivity contribution in [2.75, 3.05) is 20.8 Å². The number of phenols is 1. The molecule has 200 valence electrons. The van der Waals surface area contributed by atoms with Gasteiger partial charge in [-0.15, -0.1) is 0 Å². The maximum absolute atomic E-state index is 13.8. The van der Waals surface area contributed by atoms with Crippen molar-refractivity contribution in [3.05, 3.63) is 78.5 Å². The maximum atomic E-state index is 13.8. The highest BCUT2D eigenvalue weighted by atomic mass is 32.1. The van der Waals surface area contributed by atoms with Gasteiger partial charge in [0, 0.05) is 0 Å². The summed E-state index contributed by atoms with van der Waals surface area (Å²) in [7, 11) is 2.87. The van der Waals surface area contributed by atoms with E-state index in [2.05, 4.69) is 4.99 Å². The Morgan fingerprint density at radius 1 is 1.16 bits per heavy atom. The molecule has 0 amide bonds. The molecule has 0 unspecified atom stereocenters. The van der Waals surface area contributed by atoms with E-state index in [1.807, 2.05) is 38.1 Å². The fraction of sp³-hybridized carbons (Fsp3) is 0.321. The summed E-state index contributed by atoms with van der Waals surface area (Å²) in [5.41, 5.74) is 1.78. The summed E-state index contributed by atoms with van der Waals surface area (Å²) in [5, 5.41) is 10.2. The molecule has 1 atom stereocenters. The van der Waals surface area contributed by atoms with Crippen LogP contribution in [0.25, 0.3) is 6.08 Å². The van der Waals surface area contributed by atoms with Gasteiger partial charge in [0.2, 0.25) is 5.75 Å². The minimum absolute atomic E-state index is 0.00732. The zero-order chi connectivity index (χ0) is 27.6. The van der Waals surface area contributed by atoms with E-state index < -0.39 is 12.0 Å². The molecule has 1 aromatic heterocycles. The Morgan fingerprint density at radius 3 is 2.34 bits per heavy atom. The molecule has 0 spiro atoms. The van der Waals surface area contributed by atoms with Crippen molar-refractivity contribution in [1.29, 1.82) is 0 Å². The number of carbonyl (C=O) groups is 1. The fourth-order valence-electron chi connectivity index (χ4n) is 4.26. The highest BCUT2D eigenvalue weighted by molar-refractivity contribution is 7.07. The van der Waals surface area contributed by atoms with Crippen molar-refractivity contribution >= 4 is 23.4 Å². The maximum Gasteiger partial charge on any atom is 0.338 e. The number of thiazole rings is 1. The van der Waals surface area contributed by atoms with Crippen LogP contribution in [-0.4, -0.2) is 42.6 Å². The molecule has 1 N–H and O–H groups in total. The van der Waals surface area contributed by atoms with Crippen molar-refractivity contribution in [3.8, 4) is 23.0 Å². The summed E-state index contributed by atoms with van der Waals surface area (Å²) in [4.78, 5) is 31.9. The lowest BCUT2D eigenvalue weighted by molar-refractivity contribution is -0.139. The Labute approximate surface area is 223 Å². The van der Waals surface area contributed by atoms with Crippen LogP contribution in [0.5, 0.6) is 23.0 Å². The van der Waals surface area contributed by atoms with Crippen LogP contribution in [0.3, 0.4) is 0 Å². The second-order valence-electron chi connectivity index (χ2n) is 8.81. The highest BCUT2D eigenvalue weighted by Crippen LogP contribution is 2.37. The molecule has 0 radical (unpaired) electrons. The molecule has 1 aliphatic rings. The predicted molar refractivity (Wildman–Crippen MR) is 144 cm³/mol. The quantitative estimate of drug-likeness (QED) is 0.439. The minimum atomic E-state index is -0.732. The third-order valence-corrected chi connectivity index (χ3v) is 6.87. The first-order valence-corrected chi connectivity index (χ1v) is 12.9. The molecule has 0 saturated carbocycles. The van der Waals surface area contributed by atoms with Gasteiger partial charge < -0.3 is 24.1 Å². The minimum Gasteiger partial charge on any atom is -0.502 e. The number of allylic oxidation sites excluding steroid dienone is 1. The van der Waals surface area contributed by atoms with Gasteiger partial charge in [0.05, 0.1) is 48.8 Å². The number of nitrogens with zero attached hydrogens (tertiary/aromatic N) is 2. The third-order valence-electron chi connectivity index (χ3n) is 5.88. The molecule has 3 aromatic rings. The van der Waals surface area contributed by atoms with Gasteiger partial charge in [0.25, 0.3) is 5.56 Å². The molecule has 0 saturated heterocycles. The number of ether oxygens (including phenoxy) is 4. The first-order valence-electron chi connectivity index (χ1n) is 12.1. The SMILES string of the molecule is CCOC(=O)C1=C(C)N=c2s/c(=C/c3cc(OC)c(O)c(OC)c3)c(=O)n2[C@@H]1c1ccc(OC(C)C)cc1. The van der Waals surface area contributed by atoms with Crippen LogP contribution in [0.15, 0.2) is 57.5 Å². The summed E-state index contributed by atoms with van der Waals surface area (Å²) < 4.78 is 23.5. The molecule has 0 fully saturated rings. The van der Waals surface area contributed by atoms with Crippen molar-refractivity contribution in [2.45, 2.75) is 39.8 Å². The molecule has 4 rings (SSSR count). The van der Waals surface area contributed by atoms with Gasteiger partial charge in [-0.1, -0.05) is 23.5 Å². The average Bonchev–Trinajstić information content (AvgIpc) is 3.18. The Bertz CT molecular complexity index is 1540. The number of hydrogen-bond acceptors (Lipinski definition) is 9. The second kappa shape index (κ2) is 11.1. The van der Waals surface area contributed by atoms with E-state index >= 15 is 0 Å². The van der Waals surface area contributed by atoms with Crippen molar-refractivity contribution in [3.63, 3.8) is 0 Å². The van der Waals surface area contributed by atoms with Crippen LogP contribution in [0, 0.1) is 0 Å². The van der Waals surface area contributed by atoms with E-state index in [4.69, 9.17) is 18.9 Å². The summed E-state index contributed by atoms with van der Waals surface area (Å²) in [6.07, 6.45) is 1.68. The summed E-state index contributed by atoms with van der Waals surface area (Å²) in [6.45, 7) is 7.54. The molecular weight excluding hydrogens is 508 g/mol. The summed E-state index contributed by atoms with van der Waals surface area (Å²) >= 11 is 1.20. The predicted octanol–water partition coefficient (Wildman–Crippen LogP) is 3.31. The lowest BCUT2D eigenvalue weighted by atomic mass is 9.96. The van der Waals surface area contributed by atoms with Gasteiger partial charge in [0.15, 0.2) is 16.3 Å². The molecule has 1 aliphatic heterocycles. The number of rotatable bonds is 8. The molecule has 2 heterocycles. The van der Waals surface area contributed by atoms with E-state index in [1.54, 1.807) is 32.1 Å². The Balaban J connectivity index is 1.91. The largest absolute Gasteiger partial charge is 0.502 e. The normalized spacial score (nSPS) is 15.2. The van der Waals surface area contributed by atoms with Gasteiger partial charge in [-0.25, -0.2) is 9.79 Å². The molecule has 38 heavy (non-hydrogen) atoms. The smallest absolute Gasteiger partial charge is 0.338 e. The van der Waals surface area contributed by atoms with Crippen LogP contribution >= 0.6 is 11.3 Å². The highest BCUT2D eigenvalue weighted by Gasteiger charge is 2.33. The third kappa shape index (κ3) is 5.17. The van der Waals surface area contributed by atoms with Gasteiger partial charge in [0.1, 0.15) is 5.75 Å². The van der Waals surface area contributed by atoms with Gasteiger partial charge in [-0.3, -0.25) is 9.36 Å². The number of hydrogen-bond donors (Lipinski definition) is 1. The van der Waals surface area contributed by atoms with Gasteiger partial charge in [-0.05, 0) is 69.2 Å². The number of carbonyl (C=O) groups excluding carboxylic acids is 1. The van der Waals surface area contributed by atoms with E-state index in [1.165, 1.54) is 30.1 Å². The Morgan fingerprint density at radius 2 is 1.79 bits per heavy atom. The van der Waals surface area contributed by atoms with Gasteiger partial charge in [-0.2, -0.15) is 0 Å². The number of esters is 1. The van der Waals surface area contributed by atoms with Gasteiger partial charge >= 0.3 is 5.97 Å². The first-order chi connectivity index (χ1) is 18.2. The van der Waals surface area contributed by atoms with E-state index in [-0.39, 0.29) is 35.5 Å². The summed E-state index contributed by atoms with van der Waals surface area (Å²) in [6, 6.07) is 9.80. The monoisotopic (exact) mass is 538 g/mol. The first kappa shape index (κ1) is 27.0.